The highest BCUT2D eigenvalue weighted by Crippen LogP contribution is 2.49. The second-order valence-electron chi connectivity index (χ2n) is 8.33. The van der Waals surface area contributed by atoms with E-state index < -0.39 is 5.41 Å². The highest BCUT2D eigenvalue weighted by atomic mass is 16.5. The van der Waals surface area contributed by atoms with Gasteiger partial charge in [-0.1, -0.05) is 12.1 Å². The first kappa shape index (κ1) is 20.3. The van der Waals surface area contributed by atoms with Gasteiger partial charge in [-0.2, -0.15) is 0 Å². The Labute approximate surface area is 177 Å². The van der Waals surface area contributed by atoms with Gasteiger partial charge in [-0.05, 0) is 61.2 Å². The van der Waals surface area contributed by atoms with Crippen LogP contribution in [0.3, 0.4) is 0 Å². The standard InChI is InChI=1S/C24H29N3O3/c1-17(28)26(2)21-12-15-27(16-21)20-8-6-19(7-9-20)25-23(29)24(13-14-24)18-4-10-22(30-3)11-5-18/h4-11,21H,12-16H2,1-3H3,(H,25,29). The molecule has 2 aliphatic rings. The van der Waals surface area contributed by atoms with Gasteiger partial charge in [0.1, 0.15) is 5.75 Å². The maximum absolute atomic E-state index is 13.0. The van der Waals surface area contributed by atoms with E-state index in [2.05, 4.69) is 10.2 Å². The summed E-state index contributed by atoms with van der Waals surface area (Å²) >= 11 is 0. The molecule has 6 heteroatoms. The van der Waals surface area contributed by atoms with E-state index in [1.807, 2.05) is 60.5 Å². The van der Waals surface area contributed by atoms with Gasteiger partial charge in [0.25, 0.3) is 0 Å². The molecule has 6 nitrogen and oxygen atoms in total. The molecule has 1 unspecified atom stereocenters. The van der Waals surface area contributed by atoms with Gasteiger partial charge in [0.05, 0.1) is 18.6 Å². The zero-order chi connectivity index (χ0) is 21.3. The average Bonchev–Trinajstić information content (AvgIpc) is 3.44. The Hall–Kier alpha value is -3.02. The van der Waals surface area contributed by atoms with E-state index in [9.17, 15) is 9.59 Å². The molecule has 0 spiro atoms. The summed E-state index contributed by atoms with van der Waals surface area (Å²) in [4.78, 5) is 28.7. The third-order valence-corrected chi connectivity index (χ3v) is 6.53. The van der Waals surface area contributed by atoms with Crippen molar-refractivity contribution in [1.82, 2.24) is 4.90 Å². The Morgan fingerprint density at radius 1 is 1.10 bits per heavy atom. The molecular formula is C24H29N3O3. The molecule has 1 aliphatic heterocycles. The molecule has 1 aliphatic carbocycles. The number of carbonyl (C=O) groups is 2. The van der Waals surface area contributed by atoms with E-state index in [0.29, 0.717) is 0 Å². The number of amides is 2. The minimum Gasteiger partial charge on any atom is -0.497 e. The topological polar surface area (TPSA) is 61.9 Å². The monoisotopic (exact) mass is 407 g/mol. The van der Waals surface area contributed by atoms with Crippen LogP contribution in [0.5, 0.6) is 5.75 Å². The summed E-state index contributed by atoms with van der Waals surface area (Å²) in [5.41, 5.74) is 2.53. The van der Waals surface area contributed by atoms with Crippen LogP contribution in [0.25, 0.3) is 0 Å². The lowest BCUT2D eigenvalue weighted by molar-refractivity contribution is -0.129. The van der Waals surface area contributed by atoms with Crippen LogP contribution in [0.1, 0.15) is 31.7 Å². The molecule has 4 rings (SSSR count). The van der Waals surface area contributed by atoms with Gasteiger partial charge in [-0.3, -0.25) is 9.59 Å². The molecule has 0 bridgehead atoms. The van der Waals surface area contributed by atoms with Gasteiger partial charge < -0.3 is 19.9 Å². The molecule has 2 aromatic rings. The van der Waals surface area contributed by atoms with Gasteiger partial charge in [0.2, 0.25) is 11.8 Å². The summed E-state index contributed by atoms with van der Waals surface area (Å²) in [7, 11) is 3.51. The first-order valence-electron chi connectivity index (χ1n) is 10.5. The van der Waals surface area contributed by atoms with Crippen LogP contribution in [0, 0.1) is 0 Å². The fourth-order valence-corrected chi connectivity index (χ4v) is 4.24. The second kappa shape index (κ2) is 8.01. The summed E-state index contributed by atoms with van der Waals surface area (Å²) in [5.74, 6) is 0.944. The Morgan fingerprint density at radius 3 is 2.33 bits per heavy atom. The van der Waals surface area contributed by atoms with Crippen molar-refractivity contribution in [2.45, 2.75) is 37.6 Å². The minimum atomic E-state index is -0.426. The highest BCUT2D eigenvalue weighted by Gasteiger charge is 2.51. The molecule has 2 fully saturated rings. The molecule has 158 valence electrons. The molecule has 1 atom stereocenters. The third-order valence-electron chi connectivity index (χ3n) is 6.53. The fraction of sp³-hybridized carbons (Fsp3) is 0.417. The summed E-state index contributed by atoms with van der Waals surface area (Å²) < 4.78 is 5.22. The predicted molar refractivity (Wildman–Crippen MR) is 118 cm³/mol. The van der Waals surface area contributed by atoms with Crippen LogP contribution in [0.4, 0.5) is 11.4 Å². The van der Waals surface area contributed by atoms with Crippen molar-refractivity contribution in [3.8, 4) is 5.75 Å². The third kappa shape index (κ3) is 3.86. The van der Waals surface area contributed by atoms with Crippen molar-refractivity contribution < 1.29 is 14.3 Å². The number of methoxy groups -OCH3 is 1. The van der Waals surface area contributed by atoms with E-state index >= 15 is 0 Å². The van der Waals surface area contributed by atoms with Crippen LogP contribution in [0.2, 0.25) is 0 Å². The van der Waals surface area contributed by atoms with Crippen molar-refractivity contribution in [3.05, 3.63) is 54.1 Å². The molecule has 0 aromatic heterocycles. The smallest absolute Gasteiger partial charge is 0.235 e. The van der Waals surface area contributed by atoms with Gasteiger partial charge in [0.15, 0.2) is 0 Å². The number of anilines is 2. The molecule has 0 radical (unpaired) electrons. The molecule has 2 amide bonds. The molecule has 30 heavy (non-hydrogen) atoms. The summed E-state index contributed by atoms with van der Waals surface area (Å²) in [6, 6.07) is 16.0. The van der Waals surface area contributed by atoms with E-state index in [-0.39, 0.29) is 17.9 Å². The molecule has 1 N–H and O–H groups in total. The number of ether oxygens (including phenoxy) is 1. The number of nitrogens with zero attached hydrogens (tertiary/aromatic N) is 2. The number of hydrogen-bond donors (Lipinski definition) is 1. The highest BCUT2D eigenvalue weighted by molar-refractivity contribution is 6.01. The second-order valence-corrected chi connectivity index (χ2v) is 8.33. The van der Waals surface area contributed by atoms with E-state index in [1.54, 1.807) is 14.0 Å². The number of likely N-dealkylation sites (N-methyl/N-ethyl adjacent to an activating group) is 1. The predicted octanol–water partition coefficient (Wildman–Crippen LogP) is 3.42. The Balaban J connectivity index is 1.39. The van der Waals surface area contributed by atoms with Crippen LogP contribution < -0.4 is 15.0 Å². The van der Waals surface area contributed by atoms with E-state index in [0.717, 1.165) is 55.0 Å². The lowest BCUT2D eigenvalue weighted by atomic mass is 9.95. The van der Waals surface area contributed by atoms with Gasteiger partial charge >= 0.3 is 0 Å². The largest absolute Gasteiger partial charge is 0.497 e. The van der Waals surface area contributed by atoms with E-state index in [4.69, 9.17) is 4.74 Å². The van der Waals surface area contributed by atoms with Crippen molar-refractivity contribution in [3.63, 3.8) is 0 Å². The van der Waals surface area contributed by atoms with Gasteiger partial charge in [0, 0.05) is 38.4 Å². The van der Waals surface area contributed by atoms with Crippen molar-refractivity contribution in [2.75, 3.05) is 37.5 Å². The molecule has 2 aromatic carbocycles. The molecular weight excluding hydrogens is 378 g/mol. The zero-order valence-electron chi connectivity index (χ0n) is 17.9. The van der Waals surface area contributed by atoms with Crippen LogP contribution in [0.15, 0.2) is 48.5 Å². The van der Waals surface area contributed by atoms with Crippen molar-refractivity contribution in [1.29, 1.82) is 0 Å². The van der Waals surface area contributed by atoms with Crippen LogP contribution in [-0.4, -0.2) is 50.0 Å². The van der Waals surface area contributed by atoms with Crippen LogP contribution in [-0.2, 0) is 15.0 Å². The summed E-state index contributed by atoms with van der Waals surface area (Å²) in [6.45, 7) is 3.37. The maximum Gasteiger partial charge on any atom is 0.235 e. The van der Waals surface area contributed by atoms with Crippen molar-refractivity contribution in [2.24, 2.45) is 0 Å². The number of hydrogen-bond acceptors (Lipinski definition) is 4. The normalized spacial score (nSPS) is 19.3. The first-order chi connectivity index (χ1) is 14.4. The maximum atomic E-state index is 13.0. The fourth-order valence-electron chi connectivity index (χ4n) is 4.24. The molecule has 1 saturated heterocycles. The van der Waals surface area contributed by atoms with Gasteiger partial charge in [-0.15, -0.1) is 0 Å². The van der Waals surface area contributed by atoms with E-state index in [1.165, 1.54) is 0 Å². The Bertz CT molecular complexity index is 920. The zero-order valence-corrected chi connectivity index (χ0v) is 17.9. The number of benzene rings is 2. The molecule has 1 heterocycles. The Morgan fingerprint density at radius 2 is 1.77 bits per heavy atom. The van der Waals surface area contributed by atoms with Crippen LogP contribution >= 0.6 is 0 Å². The lowest BCUT2D eigenvalue weighted by Gasteiger charge is -2.24. The Kier molecular flexibility index (Phi) is 5.41. The number of nitrogens with one attached hydrogen (secondary N) is 1. The molecule has 1 saturated carbocycles. The SMILES string of the molecule is COc1ccc(C2(C(=O)Nc3ccc(N4CCC(N(C)C(C)=O)C4)cc3)CC2)cc1. The van der Waals surface area contributed by atoms with Gasteiger partial charge in [-0.25, -0.2) is 0 Å². The number of rotatable bonds is 6. The quantitative estimate of drug-likeness (QED) is 0.797. The summed E-state index contributed by atoms with van der Waals surface area (Å²) in [5, 5.41) is 3.09. The van der Waals surface area contributed by atoms with Crippen molar-refractivity contribution >= 4 is 23.2 Å². The lowest BCUT2D eigenvalue weighted by Crippen LogP contribution is -2.37. The average molecular weight is 408 g/mol. The first-order valence-corrected chi connectivity index (χ1v) is 10.5. The minimum absolute atomic E-state index is 0.0461. The number of carbonyl (C=O) groups excluding carboxylic acids is 2. The summed E-state index contributed by atoms with van der Waals surface area (Å²) in [6.07, 6.45) is 2.70.